The van der Waals surface area contributed by atoms with E-state index in [9.17, 15) is 18.3 Å². The molecule has 0 bridgehead atoms. The van der Waals surface area contributed by atoms with E-state index in [1.807, 2.05) is 0 Å². The minimum Gasteiger partial charge on any atom is -0.343 e. The summed E-state index contributed by atoms with van der Waals surface area (Å²) in [6.07, 6.45) is 12.4. The second-order valence-electron chi connectivity index (χ2n) is 11.6. The second-order valence-corrected chi connectivity index (χ2v) is 11.6. The maximum Gasteiger partial charge on any atom is 0.283 e. The minimum atomic E-state index is -1.42. The van der Waals surface area contributed by atoms with Gasteiger partial charge in [-0.15, -0.1) is 0 Å². The predicted octanol–water partition coefficient (Wildman–Crippen LogP) is 7.15. The predicted molar refractivity (Wildman–Crippen MR) is 125 cm³/mol. The van der Waals surface area contributed by atoms with Gasteiger partial charge in [0.05, 0.1) is 13.2 Å². The lowest BCUT2D eigenvalue weighted by Crippen LogP contribution is -2.53. The highest BCUT2D eigenvalue weighted by atomic mass is 19.2. The quantitative estimate of drug-likeness (QED) is 0.420. The summed E-state index contributed by atoms with van der Waals surface area (Å²) in [6.45, 7) is 5.44. The Hall–Kier alpha value is -1.11. The number of aryl methyl sites for hydroxylation is 1. The van der Waals surface area contributed by atoms with Crippen molar-refractivity contribution in [2.75, 3.05) is 13.2 Å². The molecule has 0 amide bonds. The number of halogens is 3. The van der Waals surface area contributed by atoms with E-state index < -0.39 is 23.4 Å². The Balaban J connectivity index is 1.19. The Kier molecular flexibility index (Phi) is 8.31. The van der Waals surface area contributed by atoms with Gasteiger partial charge in [-0.2, -0.15) is 0 Å². The summed E-state index contributed by atoms with van der Waals surface area (Å²) < 4.78 is 51.9. The van der Waals surface area contributed by atoms with Crippen LogP contribution in [0.5, 0.6) is 0 Å². The fraction of sp³-hybridized carbons (Fsp3) is 0.786. The average Bonchev–Trinajstić information content (AvgIpc) is 2.84. The molecule has 0 unspecified atom stereocenters. The van der Waals surface area contributed by atoms with Crippen LogP contribution in [0.15, 0.2) is 12.1 Å². The van der Waals surface area contributed by atoms with E-state index in [1.54, 1.807) is 0 Å². The normalized spacial score (nSPS) is 37.0. The summed E-state index contributed by atoms with van der Waals surface area (Å²) in [5.41, 5.74) is 0.535. The molecule has 4 rings (SSSR count). The third-order valence-corrected chi connectivity index (χ3v) is 8.84. The fourth-order valence-electron chi connectivity index (χ4n) is 6.65. The Labute approximate surface area is 202 Å². The first kappa shape index (κ1) is 26.0. The van der Waals surface area contributed by atoms with Crippen LogP contribution in [-0.4, -0.2) is 24.3 Å². The van der Waals surface area contributed by atoms with Crippen LogP contribution in [-0.2, 0) is 15.9 Å². The van der Waals surface area contributed by atoms with Crippen molar-refractivity contribution in [3.63, 3.8) is 0 Å². The average molecular weight is 483 g/mol. The molecule has 0 aromatic heterocycles. The van der Waals surface area contributed by atoms with E-state index in [-0.39, 0.29) is 11.3 Å². The monoisotopic (exact) mass is 482 g/mol. The molecule has 34 heavy (non-hydrogen) atoms. The van der Waals surface area contributed by atoms with Gasteiger partial charge in [-0.25, -0.2) is 13.2 Å². The van der Waals surface area contributed by atoms with Gasteiger partial charge in [-0.3, -0.25) is 0 Å². The zero-order valence-electron chi connectivity index (χ0n) is 20.8. The number of hydrogen-bond acceptors (Lipinski definition) is 3. The highest BCUT2D eigenvalue weighted by Crippen LogP contribution is 2.46. The molecule has 2 aliphatic carbocycles. The zero-order chi connectivity index (χ0) is 24.3. The van der Waals surface area contributed by atoms with Gasteiger partial charge in [-0.1, -0.05) is 33.1 Å². The number of hydrogen-bond donors (Lipinski definition) is 1. The molecular formula is C28H41F3O3. The van der Waals surface area contributed by atoms with Crippen LogP contribution < -0.4 is 0 Å². The van der Waals surface area contributed by atoms with E-state index in [2.05, 4.69) is 13.8 Å². The Morgan fingerprint density at radius 2 is 1.41 bits per heavy atom. The van der Waals surface area contributed by atoms with Crippen molar-refractivity contribution in [3.05, 3.63) is 35.1 Å². The third-order valence-electron chi connectivity index (χ3n) is 8.84. The van der Waals surface area contributed by atoms with Crippen molar-refractivity contribution in [1.29, 1.82) is 0 Å². The first-order chi connectivity index (χ1) is 16.2. The van der Waals surface area contributed by atoms with Gasteiger partial charge >= 0.3 is 0 Å². The van der Waals surface area contributed by atoms with E-state index in [4.69, 9.17) is 9.47 Å². The van der Waals surface area contributed by atoms with Crippen molar-refractivity contribution in [1.82, 2.24) is 0 Å². The molecule has 1 aliphatic heterocycles. The smallest absolute Gasteiger partial charge is 0.283 e. The number of rotatable bonds is 7. The topological polar surface area (TPSA) is 38.7 Å². The first-order valence-corrected chi connectivity index (χ1v) is 13.3. The van der Waals surface area contributed by atoms with Gasteiger partial charge in [0, 0.05) is 11.3 Å². The van der Waals surface area contributed by atoms with Gasteiger partial charge in [0.1, 0.15) is 0 Å². The molecule has 0 radical (unpaired) electrons. The summed E-state index contributed by atoms with van der Waals surface area (Å²) in [6, 6.07) is 2.25. The van der Waals surface area contributed by atoms with Crippen LogP contribution in [0.3, 0.4) is 0 Å². The van der Waals surface area contributed by atoms with Gasteiger partial charge < -0.3 is 14.6 Å². The molecule has 1 saturated heterocycles. The third kappa shape index (κ3) is 5.99. The van der Waals surface area contributed by atoms with E-state index in [1.165, 1.54) is 12.8 Å². The number of ether oxygens (including phenoxy) is 2. The Morgan fingerprint density at radius 3 is 1.94 bits per heavy atom. The van der Waals surface area contributed by atoms with Crippen LogP contribution in [0.1, 0.15) is 90.0 Å². The standard InChI is InChI=1S/C28H41F3O3/c1-3-14-27(2)17-33-28(32,34-18-27)23-12-10-22(11-13-23)21-8-6-19(7-9-21)4-5-20-15-24(29)26(31)25(30)16-20/h15-16,19,21-23,32H,3-14,17-18H2,1-2H3. The molecule has 1 aromatic carbocycles. The summed E-state index contributed by atoms with van der Waals surface area (Å²) in [4.78, 5) is 0. The Morgan fingerprint density at radius 1 is 0.882 bits per heavy atom. The van der Waals surface area contributed by atoms with Crippen molar-refractivity contribution in [2.45, 2.75) is 96.9 Å². The summed E-state index contributed by atoms with van der Waals surface area (Å²) in [5, 5.41) is 11.0. The SMILES string of the molecule is CCCC1(C)COC(O)(C2CCC(C3CCC(CCc4cc(F)c(F)c(F)c4)CC3)CC2)OC1. The molecule has 2 saturated carbocycles. The van der Waals surface area contributed by atoms with Crippen molar-refractivity contribution in [3.8, 4) is 0 Å². The van der Waals surface area contributed by atoms with Crippen molar-refractivity contribution < 1.29 is 27.8 Å². The highest BCUT2D eigenvalue weighted by molar-refractivity contribution is 5.19. The van der Waals surface area contributed by atoms with Gasteiger partial charge in [0.15, 0.2) is 17.5 Å². The summed E-state index contributed by atoms with van der Waals surface area (Å²) in [5.74, 6) is -2.99. The molecule has 1 N–H and O–H groups in total. The van der Waals surface area contributed by atoms with Crippen LogP contribution in [0.25, 0.3) is 0 Å². The minimum absolute atomic E-state index is 0.00412. The lowest BCUT2D eigenvalue weighted by atomic mass is 9.68. The summed E-state index contributed by atoms with van der Waals surface area (Å²) >= 11 is 0. The van der Waals surface area contributed by atoms with Crippen molar-refractivity contribution >= 4 is 0 Å². The maximum atomic E-state index is 13.5. The largest absolute Gasteiger partial charge is 0.343 e. The van der Waals surface area contributed by atoms with Crippen LogP contribution in [0.4, 0.5) is 13.2 Å². The molecule has 3 fully saturated rings. The molecule has 0 spiro atoms. The van der Waals surface area contributed by atoms with Gasteiger partial charge in [0.25, 0.3) is 5.97 Å². The lowest BCUT2D eigenvalue weighted by molar-refractivity contribution is -0.427. The van der Waals surface area contributed by atoms with Gasteiger partial charge in [-0.05, 0) is 93.2 Å². The van der Waals surface area contributed by atoms with E-state index in [0.717, 1.165) is 69.9 Å². The number of aliphatic hydroxyl groups is 1. The molecule has 0 atom stereocenters. The molecule has 1 heterocycles. The molecule has 1 aromatic rings. The lowest BCUT2D eigenvalue weighted by Gasteiger charge is -2.47. The van der Waals surface area contributed by atoms with Crippen LogP contribution in [0.2, 0.25) is 0 Å². The van der Waals surface area contributed by atoms with Crippen molar-refractivity contribution in [2.24, 2.45) is 29.1 Å². The highest BCUT2D eigenvalue weighted by Gasteiger charge is 2.48. The number of benzene rings is 1. The van der Waals surface area contributed by atoms with E-state index >= 15 is 0 Å². The van der Waals surface area contributed by atoms with Gasteiger partial charge in [0.2, 0.25) is 0 Å². The van der Waals surface area contributed by atoms with E-state index in [0.29, 0.717) is 43.0 Å². The summed E-state index contributed by atoms with van der Waals surface area (Å²) in [7, 11) is 0. The maximum absolute atomic E-state index is 13.5. The molecule has 3 nitrogen and oxygen atoms in total. The Bertz CT molecular complexity index is 782. The second kappa shape index (κ2) is 10.9. The molecule has 3 aliphatic rings. The molecule has 6 heteroatoms. The molecular weight excluding hydrogens is 441 g/mol. The zero-order valence-corrected chi connectivity index (χ0v) is 20.8. The first-order valence-electron chi connectivity index (χ1n) is 13.3. The fourth-order valence-corrected chi connectivity index (χ4v) is 6.65. The van der Waals surface area contributed by atoms with Crippen LogP contribution >= 0.6 is 0 Å². The molecule has 192 valence electrons. The van der Waals surface area contributed by atoms with Crippen LogP contribution in [0, 0.1) is 46.5 Å².